The van der Waals surface area contributed by atoms with Crippen LogP contribution in [0.25, 0.3) is 17.6 Å². The van der Waals surface area contributed by atoms with Crippen molar-refractivity contribution >= 4 is 35.3 Å². The van der Waals surface area contributed by atoms with Gasteiger partial charge in [-0.15, -0.1) is 11.8 Å². The maximum absolute atomic E-state index is 12.7. The van der Waals surface area contributed by atoms with Gasteiger partial charge in [-0.05, 0) is 17.9 Å². The maximum atomic E-state index is 12.7. The smallest absolute Gasteiger partial charge is 0.395 e. The standard InChI is InChI=1S/C17H21F3N6OS/c1-5-28-12-6-10(25(3)9(2)27)8-23-14(12)16-24-11(15(22)26(16)4)7-13(21)17(18,19)20/h6-8H,5,21-22H2,1-4H3/b13-7-. The average molecular weight is 414 g/mol. The number of thioether (sulfide) groups is 1. The van der Waals surface area contributed by atoms with E-state index in [0.717, 1.165) is 10.6 Å². The number of halogens is 3. The first kappa shape index (κ1) is 21.6. The van der Waals surface area contributed by atoms with Crippen LogP contribution in [-0.2, 0) is 11.8 Å². The van der Waals surface area contributed by atoms with Crippen molar-refractivity contribution in [3.8, 4) is 11.5 Å². The lowest BCUT2D eigenvalue weighted by Gasteiger charge is -2.17. The van der Waals surface area contributed by atoms with E-state index in [1.165, 1.54) is 34.3 Å². The van der Waals surface area contributed by atoms with Crippen molar-refractivity contribution in [1.29, 1.82) is 0 Å². The summed E-state index contributed by atoms with van der Waals surface area (Å²) in [6.45, 7) is 3.38. The number of imidazole rings is 1. The number of nitrogens with two attached hydrogens (primary N) is 2. The molecule has 0 aliphatic heterocycles. The molecule has 0 saturated carbocycles. The fourth-order valence-corrected chi connectivity index (χ4v) is 3.11. The molecule has 2 aromatic rings. The molecule has 2 aromatic heterocycles. The van der Waals surface area contributed by atoms with E-state index < -0.39 is 11.9 Å². The highest BCUT2D eigenvalue weighted by Crippen LogP contribution is 2.34. The third kappa shape index (κ3) is 4.41. The molecule has 4 N–H and O–H groups in total. The number of anilines is 2. The molecule has 0 radical (unpaired) electrons. The van der Waals surface area contributed by atoms with Crippen molar-refractivity contribution in [1.82, 2.24) is 14.5 Å². The van der Waals surface area contributed by atoms with Gasteiger partial charge in [-0.2, -0.15) is 13.2 Å². The molecule has 0 atom stereocenters. The van der Waals surface area contributed by atoms with Crippen LogP contribution in [0.3, 0.4) is 0 Å². The Morgan fingerprint density at radius 1 is 1.43 bits per heavy atom. The predicted molar refractivity (Wildman–Crippen MR) is 105 cm³/mol. The number of allylic oxidation sites excluding steroid dienone is 1. The second-order valence-corrected chi connectivity index (χ2v) is 7.22. The molecule has 0 spiro atoms. The molecule has 2 heterocycles. The van der Waals surface area contributed by atoms with Gasteiger partial charge in [-0.3, -0.25) is 4.79 Å². The van der Waals surface area contributed by atoms with Gasteiger partial charge < -0.3 is 20.9 Å². The summed E-state index contributed by atoms with van der Waals surface area (Å²) < 4.78 is 39.6. The van der Waals surface area contributed by atoms with Crippen molar-refractivity contribution in [2.45, 2.75) is 24.9 Å². The fraction of sp³-hybridized carbons (Fsp3) is 0.353. The van der Waals surface area contributed by atoms with Crippen LogP contribution in [0.15, 0.2) is 22.9 Å². The van der Waals surface area contributed by atoms with Crippen molar-refractivity contribution in [2.24, 2.45) is 12.8 Å². The molecule has 28 heavy (non-hydrogen) atoms. The Balaban J connectivity index is 2.59. The number of carbonyl (C=O) groups excluding carboxylic acids is 1. The summed E-state index contributed by atoms with van der Waals surface area (Å²) in [5.41, 5.74) is 10.7. The van der Waals surface area contributed by atoms with Crippen LogP contribution in [-0.4, -0.2) is 39.4 Å². The molecule has 0 unspecified atom stereocenters. The summed E-state index contributed by atoms with van der Waals surface area (Å²) in [6.07, 6.45) is -2.48. The van der Waals surface area contributed by atoms with Gasteiger partial charge in [0.2, 0.25) is 5.91 Å². The SMILES string of the molecule is CCSc1cc(N(C)C(C)=O)cnc1-c1nc(/C=C(\N)C(F)(F)F)c(N)n1C. The van der Waals surface area contributed by atoms with Crippen molar-refractivity contribution in [3.63, 3.8) is 0 Å². The second kappa shape index (κ2) is 8.13. The number of pyridine rings is 1. The minimum Gasteiger partial charge on any atom is -0.395 e. The Morgan fingerprint density at radius 3 is 2.61 bits per heavy atom. The molecule has 0 aromatic carbocycles. The van der Waals surface area contributed by atoms with Crippen LogP contribution in [0.4, 0.5) is 24.7 Å². The minimum absolute atomic E-state index is 0.0291. The predicted octanol–water partition coefficient (Wildman–Crippen LogP) is 3.02. The average Bonchev–Trinajstić information content (AvgIpc) is 2.88. The fourth-order valence-electron chi connectivity index (χ4n) is 2.31. The lowest BCUT2D eigenvalue weighted by atomic mass is 10.3. The molecule has 1 amide bonds. The Bertz CT molecular complexity index is 922. The maximum Gasteiger partial charge on any atom is 0.430 e. The zero-order valence-corrected chi connectivity index (χ0v) is 16.6. The quantitative estimate of drug-likeness (QED) is 0.729. The number of nitrogens with zero attached hydrogens (tertiary/aromatic N) is 4. The number of rotatable bonds is 5. The van der Waals surface area contributed by atoms with E-state index >= 15 is 0 Å². The van der Waals surface area contributed by atoms with Gasteiger partial charge in [0.1, 0.15) is 22.9 Å². The monoisotopic (exact) mass is 414 g/mol. The lowest BCUT2D eigenvalue weighted by molar-refractivity contribution is -0.116. The van der Waals surface area contributed by atoms with Crippen LogP contribution >= 0.6 is 11.8 Å². The zero-order valence-electron chi connectivity index (χ0n) is 15.8. The van der Waals surface area contributed by atoms with Crippen molar-refractivity contribution in [3.05, 3.63) is 23.7 Å². The highest BCUT2D eigenvalue weighted by Gasteiger charge is 2.32. The van der Waals surface area contributed by atoms with Gasteiger partial charge in [0, 0.05) is 25.9 Å². The van der Waals surface area contributed by atoms with E-state index in [4.69, 9.17) is 11.5 Å². The van der Waals surface area contributed by atoms with E-state index in [9.17, 15) is 18.0 Å². The summed E-state index contributed by atoms with van der Waals surface area (Å²) in [6, 6.07) is 1.78. The van der Waals surface area contributed by atoms with E-state index in [-0.39, 0.29) is 17.4 Å². The zero-order chi connectivity index (χ0) is 21.2. The summed E-state index contributed by atoms with van der Waals surface area (Å²) in [5, 5.41) is 0. The van der Waals surface area contributed by atoms with Gasteiger partial charge in [0.05, 0.1) is 11.9 Å². The number of aromatic nitrogens is 3. The number of hydrogen-bond acceptors (Lipinski definition) is 6. The van der Waals surface area contributed by atoms with Crippen LogP contribution in [0.5, 0.6) is 0 Å². The van der Waals surface area contributed by atoms with Crippen molar-refractivity contribution < 1.29 is 18.0 Å². The molecular formula is C17H21F3N6OS. The normalized spacial score (nSPS) is 12.3. The van der Waals surface area contributed by atoms with E-state index in [1.807, 2.05) is 6.92 Å². The van der Waals surface area contributed by atoms with E-state index in [2.05, 4.69) is 9.97 Å². The second-order valence-electron chi connectivity index (χ2n) is 5.91. The van der Waals surface area contributed by atoms with Gasteiger partial charge >= 0.3 is 6.18 Å². The topological polar surface area (TPSA) is 103 Å². The summed E-state index contributed by atoms with van der Waals surface area (Å²) >= 11 is 1.47. The van der Waals surface area contributed by atoms with E-state index in [1.54, 1.807) is 20.2 Å². The number of carbonyl (C=O) groups is 1. The van der Waals surface area contributed by atoms with Crippen molar-refractivity contribution in [2.75, 3.05) is 23.4 Å². The molecule has 0 fully saturated rings. The number of hydrogen-bond donors (Lipinski definition) is 2. The van der Waals surface area contributed by atoms with E-state index in [0.29, 0.717) is 23.3 Å². The summed E-state index contributed by atoms with van der Waals surface area (Å²) in [7, 11) is 3.21. The first-order valence-electron chi connectivity index (χ1n) is 8.21. The lowest BCUT2D eigenvalue weighted by Crippen LogP contribution is -2.23. The van der Waals surface area contributed by atoms with Crippen LogP contribution in [0.2, 0.25) is 0 Å². The Kier molecular flexibility index (Phi) is 6.27. The molecule has 0 bridgehead atoms. The Labute approximate surface area is 164 Å². The molecule has 7 nitrogen and oxygen atoms in total. The molecular weight excluding hydrogens is 393 g/mol. The number of nitrogen functional groups attached to an aromatic ring is 1. The number of alkyl halides is 3. The van der Waals surface area contributed by atoms with Crippen LogP contribution in [0.1, 0.15) is 19.5 Å². The van der Waals surface area contributed by atoms with Gasteiger partial charge in [-0.25, -0.2) is 9.97 Å². The largest absolute Gasteiger partial charge is 0.430 e. The minimum atomic E-state index is -4.68. The van der Waals surface area contributed by atoms with Gasteiger partial charge in [-0.1, -0.05) is 6.92 Å². The molecule has 152 valence electrons. The third-order valence-corrected chi connectivity index (χ3v) is 4.91. The van der Waals surface area contributed by atoms with Gasteiger partial charge in [0.15, 0.2) is 5.82 Å². The molecule has 0 aliphatic rings. The molecule has 2 rings (SSSR count). The summed E-state index contributed by atoms with van der Waals surface area (Å²) in [4.78, 5) is 22.4. The van der Waals surface area contributed by atoms with Crippen LogP contribution in [0, 0.1) is 0 Å². The number of amides is 1. The Morgan fingerprint density at radius 2 is 2.07 bits per heavy atom. The third-order valence-electron chi connectivity index (χ3n) is 4.00. The first-order valence-corrected chi connectivity index (χ1v) is 9.20. The Hall–Kier alpha value is -2.69. The summed E-state index contributed by atoms with van der Waals surface area (Å²) in [5.74, 6) is 0.890. The molecule has 11 heteroatoms. The van der Waals surface area contributed by atoms with Crippen LogP contribution < -0.4 is 16.4 Å². The molecule has 0 aliphatic carbocycles. The highest BCUT2D eigenvalue weighted by atomic mass is 32.2. The first-order chi connectivity index (χ1) is 13.0. The molecule has 0 saturated heterocycles. The van der Waals surface area contributed by atoms with Gasteiger partial charge in [0.25, 0.3) is 0 Å². The highest BCUT2D eigenvalue weighted by molar-refractivity contribution is 7.99.